The van der Waals surface area contributed by atoms with Crippen molar-refractivity contribution in [2.75, 3.05) is 0 Å². The molecule has 30 rings (SSSR count). The van der Waals surface area contributed by atoms with Crippen molar-refractivity contribution in [2.24, 2.45) is 0 Å². The van der Waals surface area contributed by atoms with Crippen LogP contribution in [0.5, 0.6) is 0 Å². The van der Waals surface area contributed by atoms with Crippen molar-refractivity contribution in [3.8, 4) is 168 Å². The molecule has 0 saturated carbocycles. The number of thiophene rings is 1. The molecule has 0 spiro atoms. The quantitative estimate of drug-likeness (QED) is 0.0968. The predicted molar refractivity (Wildman–Crippen MR) is 617 cm³/mol. The van der Waals surface area contributed by atoms with Crippen molar-refractivity contribution in [1.82, 2.24) is 29.9 Å². The Balaban J connectivity index is 0.000000108. The van der Waals surface area contributed by atoms with Gasteiger partial charge in [-0.05, 0) is 180 Å². The number of para-hydroxylation sites is 7. The van der Waals surface area contributed by atoms with Gasteiger partial charge in [0.05, 0.1) is 33.2 Å². The second kappa shape index (κ2) is 37.4. The van der Waals surface area contributed by atoms with E-state index < -0.39 is 0 Å². The first-order valence-electron chi connectivity index (χ1n) is 50.2. The highest BCUT2D eigenvalue weighted by molar-refractivity contribution is 7.26. The minimum Gasteiger partial charge on any atom is -0.455 e. The van der Waals surface area contributed by atoms with E-state index in [1.54, 1.807) is 0 Å². The monoisotopic (exact) mass is 1940 g/mol. The van der Waals surface area contributed by atoms with Crippen molar-refractivity contribution in [1.29, 1.82) is 0 Å². The molecule has 12 heteroatoms. The van der Waals surface area contributed by atoms with Crippen LogP contribution in [-0.4, -0.2) is 29.9 Å². The number of aromatic nitrogens is 6. The lowest BCUT2D eigenvalue weighted by Crippen LogP contribution is -1.94. The van der Waals surface area contributed by atoms with Gasteiger partial charge in [-0.2, -0.15) is 15.0 Å². The van der Waals surface area contributed by atoms with Gasteiger partial charge in [0.25, 0.3) is 0 Å². The predicted octanol–water partition coefficient (Wildman–Crippen LogP) is 38.3. The van der Waals surface area contributed by atoms with Gasteiger partial charge in [0.2, 0.25) is 17.1 Å². The highest BCUT2D eigenvalue weighted by Crippen LogP contribution is 2.48. The number of furan rings is 5. The molecule has 0 aliphatic heterocycles. The van der Waals surface area contributed by atoms with Gasteiger partial charge in [-0.1, -0.05) is 419 Å². The van der Waals surface area contributed by atoms with Crippen molar-refractivity contribution >= 4 is 142 Å². The van der Waals surface area contributed by atoms with E-state index in [4.69, 9.17) is 52.0 Å². The Morgan fingerprint density at radius 1 is 0.147 bits per heavy atom. The second-order valence-corrected chi connectivity index (χ2v) is 38.7. The third-order valence-electron chi connectivity index (χ3n) is 28.5. The highest BCUT2D eigenvalue weighted by Gasteiger charge is 2.26. The van der Waals surface area contributed by atoms with Crippen LogP contribution in [0.3, 0.4) is 0 Å². The summed E-state index contributed by atoms with van der Waals surface area (Å²) in [5, 5.41) is 12.9. The minimum absolute atomic E-state index is 0.572. The van der Waals surface area contributed by atoms with Gasteiger partial charge in [0, 0.05) is 102 Å². The van der Waals surface area contributed by atoms with Crippen LogP contribution in [0.2, 0.25) is 0 Å². The second-order valence-electron chi connectivity index (χ2n) is 37.7. The Morgan fingerprint density at radius 3 is 0.753 bits per heavy atom. The first-order chi connectivity index (χ1) is 74.3. The molecule has 0 saturated heterocycles. The smallest absolute Gasteiger partial charge is 0.231 e. The van der Waals surface area contributed by atoms with Gasteiger partial charge in [-0.15, -0.1) is 11.3 Å². The third-order valence-corrected chi connectivity index (χ3v) is 29.8. The molecular formula is C138H84N6O5S. The van der Waals surface area contributed by atoms with Crippen molar-refractivity contribution in [3.05, 3.63) is 510 Å². The molecule has 9 aromatic heterocycles. The SMILES string of the molecule is c1ccc(-c2cccc(-c3nc(-c4cccc(-c5cccc(-c6cccc7c6oc6ccccc67)c5)c4)c4c(n3)oc3ccccc34)c2)cc1.c1ccc(-c2cccc(-c3nc(-c4cccc(-c5cccc(-c6cccc7c6sc6ccccc67)c5)c4)c4c(n3)oc3ccccc34)c2)cc1.c1ccc(-c2nc(-c3cccc(-c4cccc(-c5cccc(-c6cccc7c6oc6ccccc67)c5)c4)c3)nc3oc4ccccc4c23)cc1. The van der Waals surface area contributed by atoms with E-state index in [1.807, 2.05) is 121 Å². The van der Waals surface area contributed by atoms with E-state index in [0.717, 1.165) is 232 Å². The van der Waals surface area contributed by atoms with E-state index in [1.165, 1.54) is 31.3 Å². The molecule has 0 N–H and O–H groups in total. The Kier molecular flexibility index (Phi) is 21.9. The normalized spacial score (nSPS) is 11.6. The van der Waals surface area contributed by atoms with Gasteiger partial charge in [0.1, 0.15) is 39.1 Å². The average molecular weight is 1940 g/mol. The average Bonchev–Trinajstić information content (AvgIpc) is 1.57. The molecule has 0 amide bonds. The minimum atomic E-state index is 0.572. The summed E-state index contributed by atoms with van der Waals surface area (Å²) in [6.45, 7) is 0. The van der Waals surface area contributed by atoms with Crippen LogP contribution in [0, 0.1) is 0 Å². The fourth-order valence-corrected chi connectivity index (χ4v) is 22.6. The summed E-state index contributed by atoms with van der Waals surface area (Å²) >= 11 is 1.86. The maximum absolute atomic E-state index is 6.39. The highest BCUT2D eigenvalue weighted by atomic mass is 32.1. The molecule has 21 aromatic carbocycles. The Hall–Kier alpha value is -19.9. The summed E-state index contributed by atoms with van der Waals surface area (Å²) in [6.07, 6.45) is 0. The molecule has 0 radical (unpaired) electrons. The van der Waals surface area contributed by atoms with E-state index in [2.05, 4.69) is 400 Å². The molecule has 11 nitrogen and oxygen atoms in total. The van der Waals surface area contributed by atoms with Crippen LogP contribution in [0.15, 0.2) is 532 Å². The number of hydrogen-bond acceptors (Lipinski definition) is 12. The van der Waals surface area contributed by atoms with Gasteiger partial charge < -0.3 is 22.1 Å². The van der Waals surface area contributed by atoms with E-state index in [0.29, 0.717) is 34.6 Å². The van der Waals surface area contributed by atoms with Gasteiger partial charge in [-0.25, -0.2) is 15.0 Å². The first-order valence-corrected chi connectivity index (χ1v) is 51.0. The van der Waals surface area contributed by atoms with E-state index in [-0.39, 0.29) is 0 Å². The molecule has 0 atom stereocenters. The lowest BCUT2D eigenvalue weighted by atomic mass is 9.95. The standard InChI is InChI=1S/2C46H28N2O2.C46H28N2OS/c1-2-12-29(13-3-1)30-14-10-19-35(28-30)45-47-43(42-39-21-5-7-25-41(39)50-46(42)48-45)34-18-9-16-32(27-34)31-15-8-17-33(26-31)36-22-11-23-38-37-20-4-6-24-40(37)49-44(36)38;1-2-12-29(13-3-1)43-42-39-21-5-7-25-41(39)50-46(42)48-45(47-43)35-19-10-17-33(28-35)31-15-8-14-30(26-31)32-16-9-18-34(27-32)36-22-11-23-38-37-20-4-6-24-40(37)49-44(36)38;1-2-12-29(13-3-1)30-14-10-19-35(28-30)45-47-43(42-39-21-4-6-24-40(39)49-46(42)48-45)34-18-9-16-32(27-34)31-15-8-17-33(26-31)36-22-11-23-38-37-20-5-7-25-41(37)50-44(36)38/h3*1-28H. The zero-order valence-electron chi connectivity index (χ0n) is 80.6. The number of nitrogens with zero attached hydrogens (tertiary/aromatic N) is 6. The van der Waals surface area contributed by atoms with Gasteiger partial charge in [-0.3, -0.25) is 0 Å². The Bertz CT molecular complexity index is 10100. The maximum Gasteiger partial charge on any atom is 0.231 e. The summed E-state index contributed by atoms with van der Waals surface area (Å²) < 4.78 is 34.4. The molecule has 0 aliphatic carbocycles. The van der Waals surface area contributed by atoms with Crippen LogP contribution in [0.1, 0.15) is 0 Å². The number of benzene rings is 21. The lowest BCUT2D eigenvalue weighted by Gasteiger charge is -2.11. The molecule has 0 fully saturated rings. The summed E-state index contributed by atoms with van der Waals surface area (Å²) in [5.74, 6) is 1.88. The summed E-state index contributed by atoms with van der Waals surface area (Å²) in [5.41, 5.74) is 36.4. The van der Waals surface area contributed by atoms with Gasteiger partial charge in [0.15, 0.2) is 17.5 Å². The van der Waals surface area contributed by atoms with E-state index >= 15 is 0 Å². The number of rotatable bonds is 15. The number of hydrogen-bond donors (Lipinski definition) is 0. The van der Waals surface area contributed by atoms with E-state index in [9.17, 15) is 0 Å². The van der Waals surface area contributed by atoms with Gasteiger partial charge >= 0.3 is 0 Å². The topological polar surface area (TPSA) is 143 Å². The zero-order chi connectivity index (χ0) is 99.1. The fourth-order valence-electron chi connectivity index (χ4n) is 21.3. The maximum atomic E-state index is 6.39. The third kappa shape index (κ3) is 16.1. The molecule has 30 aromatic rings. The largest absolute Gasteiger partial charge is 0.455 e. The molecule has 0 aliphatic rings. The first kappa shape index (κ1) is 87.8. The number of fused-ring (bicyclic) bond motifs is 18. The molecule has 702 valence electrons. The fraction of sp³-hybridized carbons (Fsp3) is 0. The van der Waals surface area contributed by atoms with Crippen molar-refractivity contribution in [2.45, 2.75) is 0 Å². The Labute approximate surface area is 865 Å². The summed E-state index contributed by atoms with van der Waals surface area (Å²) in [6, 6.07) is 177. The van der Waals surface area contributed by atoms with Crippen LogP contribution < -0.4 is 0 Å². The van der Waals surface area contributed by atoms with Crippen molar-refractivity contribution in [3.63, 3.8) is 0 Å². The lowest BCUT2D eigenvalue weighted by molar-refractivity contribution is 0.653. The molecule has 0 unspecified atom stereocenters. The van der Waals surface area contributed by atoms with Crippen LogP contribution in [0.25, 0.3) is 298 Å². The van der Waals surface area contributed by atoms with Crippen LogP contribution in [-0.2, 0) is 0 Å². The Morgan fingerprint density at radius 2 is 0.380 bits per heavy atom. The summed E-state index contributed by atoms with van der Waals surface area (Å²) in [7, 11) is 0. The van der Waals surface area contributed by atoms with Crippen LogP contribution in [0.4, 0.5) is 0 Å². The molecular weight excluding hydrogens is 1850 g/mol. The molecule has 150 heavy (non-hydrogen) atoms. The van der Waals surface area contributed by atoms with Crippen LogP contribution >= 0.6 is 11.3 Å². The molecule has 0 bridgehead atoms. The summed E-state index contributed by atoms with van der Waals surface area (Å²) in [4.78, 5) is 30.6. The zero-order valence-corrected chi connectivity index (χ0v) is 81.4. The van der Waals surface area contributed by atoms with Crippen molar-refractivity contribution < 1.29 is 22.1 Å². The molecule has 9 heterocycles.